The smallest absolute Gasteiger partial charge is 0.0881 e. The van der Waals surface area contributed by atoms with Gasteiger partial charge in [-0.3, -0.25) is 5.10 Å². The fraction of sp³-hybridized carbons (Fsp3) is 0.417. The second-order valence-corrected chi connectivity index (χ2v) is 5.35. The molecule has 0 spiro atoms. The monoisotopic (exact) mass is 233 g/mol. The summed E-state index contributed by atoms with van der Waals surface area (Å²) in [5, 5.41) is 11.9. The number of aromatic nitrogens is 2. The van der Waals surface area contributed by atoms with Gasteiger partial charge in [-0.1, -0.05) is 12.1 Å². The van der Waals surface area contributed by atoms with Crippen molar-refractivity contribution in [1.29, 1.82) is 0 Å². The van der Waals surface area contributed by atoms with Crippen LogP contribution in [-0.2, 0) is 0 Å². The van der Waals surface area contributed by atoms with E-state index in [9.17, 15) is 0 Å². The summed E-state index contributed by atoms with van der Waals surface area (Å²) in [6.45, 7) is 0. The van der Waals surface area contributed by atoms with Crippen LogP contribution in [0.5, 0.6) is 0 Å². The lowest BCUT2D eigenvalue weighted by Gasteiger charge is -2.23. The third-order valence-electron chi connectivity index (χ3n) is 3.00. The lowest BCUT2D eigenvalue weighted by Crippen LogP contribution is -2.25. The van der Waals surface area contributed by atoms with Crippen molar-refractivity contribution >= 4 is 28.4 Å². The molecule has 1 fully saturated rings. The average Bonchev–Trinajstić information content (AvgIpc) is 2.80. The van der Waals surface area contributed by atoms with Crippen molar-refractivity contribution in [2.45, 2.75) is 18.9 Å². The highest BCUT2D eigenvalue weighted by Crippen LogP contribution is 2.25. The first kappa shape index (κ1) is 10.0. The summed E-state index contributed by atoms with van der Waals surface area (Å²) < 4.78 is 0. The molecule has 3 nitrogen and oxygen atoms in total. The van der Waals surface area contributed by atoms with Gasteiger partial charge in [-0.25, -0.2) is 0 Å². The van der Waals surface area contributed by atoms with Crippen LogP contribution < -0.4 is 5.32 Å². The minimum Gasteiger partial charge on any atom is -0.380 e. The molecule has 0 radical (unpaired) electrons. The van der Waals surface area contributed by atoms with E-state index in [-0.39, 0.29) is 0 Å². The van der Waals surface area contributed by atoms with E-state index in [0.717, 1.165) is 5.52 Å². The molecule has 1 aliphatic rings. The maximum atomic E-state index is 4.08. The molecular weight excluding hydrogens is 218 g/mol. The van der Waals surface area contributed by atoms with Crippen molar-refractivity contribution in [3.63, 3.8) is 0 Å². The van der Waals surface area contributed by atoms with E-state index in [2.05, 4.69) is 33.7 Å². The second kappa shape index (κ2) is 4.37. The largest absolute Gasteiger partial charge is 0.380 e. The average molecular weight is 233 g/mol. The Balaban J connectivity index is 1.85. The van der Waals surface area contributed by atoms with Gasteiger partial charge in [-0.2, -0.15) is 16.9 Å². The van der Waals surface area contributed by atoms with Crippen molar-refractivity contribution in [3.05, 3.63) is 24.4 Å². The Kier molecular flexibility index (Phi) is 2.74. The van der Waals surface area contributed by atoms with Gasteiger partial charge in [0, 0.05) is 17.2 Å². The van der Waals surface area contributed by atoms with Gasteiger partial charge in [0.15, 0.2) is 0 Å². The van der Waals surface area contributed by atoms with E-state index >= 15 is 0 Å². The Morgan fingerprint density at radius 2 is 2.44 bits per heavy atom. The van der Waals surface area contributed by atoms with Crippen molar-refractivity contribution in [2.24, 2.45) is 0 Å². The first-order chi connectivity index (χ1) is 7.93. The molecule has 2 heterocycles. The lowest BCUT2D eigenvalue weighted by molar-refractivity contribution is 0.685. The predicted molar refractivity (Wildman–Crippen MR) is 70.1 cm³/mol. The molecule has 1 aromatic heterocycles. The zero-order valence-corrected chi connectivity index (χ0v) is 9.89. The molecule has 0 bridgehead atoms. The number of nitrogens with zero attached hydrogens (tertiary/aromatic N) is 1. The zero-order chi connectivity index (χ0) is 10.8. The van der Waals surface area contributed by atoms with E-state index in [1.165, 1.54) is 35.4 Å². The standard InChI is InChI=1S/C12H15N3S/c1-3-9-7-13-15-12(9)11(5-1)14-10-4-2-6-16-8-10/h1,3,5,7,10,14H,2,4,6,8H2,(H,13,15). The fourth-order valence-corrected chi connectivity index (χ4v) is 3.24. The van der Waals surface area contributed by atoms with Gasteiger partial charge in [0.05, 0.1) is 17.4 Å². The first-order valence-corrected chi connectivity index (χ1v) is 6.85. The van der Waals surface area contributed by atoms with Crippen LogP contribution in [-0.4, -0.2) is 27.7 Å². The zero-order valence-electron chi connectivity index (χ0n) is 9.07. The Morgan fingerprint density at radius 3 is 3.31 bits per heavy atom. The number of fused-ring (bicyclic) bond motifs is 1. The van der Waals surface area contributed by atoms with Gasteiger partial charge in [0.2, 0.25) is 0 Å². The van der Waals surface area contributed by atoms with Crippen molar-refractivity contribution in [3.8, 4) is 0 Å². The maximum Gasteiger partial charge on any atom is 0.0881 e. The molecule has 0 saturated carbocycles. The minimum absolute atomic E-state index is 0.604. The Morgan fingerprint density at radius 1 is 1.44 bits per heavy atom. The summed E-state index contributed by atoms with van der Waals surface area (Å²) in [7, 11) is 0. The molecule has 4 heteroatoms. The van der Waals surface area contributed by atoms with Gasteiger partial charge in [0.25, 0.3) is 0 Å². The van der Waals surface area contributed by atoms with Crippen molar-refractivity contribution in [2.75, 3.05) is 16.8 Å². The minimum atomic E-state index is 0.604. The Bertz CT molecular complexity index is 474. The summed E-state index contributed by atoms with van der Waals surface area (Å²) >= 11 is 2.04. The number of H-pyrrole nitrogens is 1. The van der Waals surface area contributed by atoms with E-state index in [1.54, 1.807) is 0 Å². The summed E-state index contributed by atoms with van der Waals surface area (Å²) in [5.74, 6) is 2.52. The van der Waals surface area contributed by atoms with Gasteiger partial charge >= 0.3 is 0 Å². The highest BCUT2D eigenvalue weighted by molar-refractivity contribution is 7.99. The number of anilines is 1. The summed E-state index contributed by atoms with van der Waals surface area (Å²) in [6.07, 6.45) is 4.47. The number of thioether (sulfide) groups is 1. The normalized spacial score (nSPS) is 21.1. The molecule has 1 saturated heterocycles. The van der Waals surface area contributed by atoms with Crippen LogP contribution in [0.1, 0.15) is 12.8 Å². The third kappa shape index (κ3) is 1.89. The summed E-state index contributed by atoms with van der Waals surface area (Å²) in [5.41, 5.74) is 2.31. The molecule has 1 atom stereocenters. The third-order valence-corrected chi connectivity index (χ3v) is 4.21. The molecule has 16 heavy (non-hydrogen) atoms. The first-order valence-electron chi connectivity index (χ1n) is 5.70. The van der Waals surface area contributed by atoms with Crippen LogP contribution >= 0.6 is 11.8 Å². The van der Waals surface area contributed by atoms with Crippen molar-refractivity contribution < 1.29 is 0 Å². The Hall–Kier alpha value is -1.16. The van der Waals surface area contributed by atoms with Crippen LogP contribution in [0.3, 0.4) is 0 Å². The molecular formula is C12H15N3S. The number of benzene rings is 1. The number of rotatable bonds is 2. The SMILES string of the molecule is c1cc(NC2CCCSC2)c2[nH]ncc2c1. The number of aromatic amines is 1. The van der Waals surface area contributed by atoms with Gasteiger partial charge in [0.1, 0.15) is 0 Å². The number of hydrogen-bond acceptors (Lipinski definition) is 3. The van der Waals surface area contributed by atoms with Gasteiger partial charge in [-0.05, 0) is 24.7 Å². The molecule has 0 amide bonds. The summed E-state index contributed by atoms with van der Waals surface area (Å²) in [4.78, 5) is 0. The molecule has 2 N–H and O–H groups in total. The van der Waals surface area contributed by atoms with Gasteiger partial charge < -0.3 is 5.32 Å². The van der Waals surface area contributed by atoms with Crippen LogP contribution in [0.15, 0.2) is 24.4 Å². The van der Waals surface area contributed by atoms with E-state index in [0.29, 0.717) is 6.04 Å². The topological polar surface area (TPSA) is 40.7 Å². The van der Waals surface area contributed by atoms with E-state index in [4.69, 9.17) is 0 Å². The van der Waals surface area contributed by atoms with Crippen molar-refractivity contribution in [1.82, 2.24) is 10.2 Å². The molecule has 1 aromatic carbocycles. The quantitative estimate of drug-likeness (QED) is 0.838. The molecule has 84 valence electrons. The second-order valence-electron chi connectivity index (χ2n) is 4.20. The molecule has 1 unspecified atom stereocenters. The van der Waals surface area contributed by atoms with Crippen LogP contribution in [0.25, 0.3) is 10.9 Å². The number of para-hydroxylation sites is 1. The number of hydrogen-bond donors (Lipinski definition) is 2. The molecule has 2 aromatic rings. The van der Waals surface area contributed by atoms with Crippen LogP contribution in [0, 0.1) is 0 Å². The highest BCUT2D eigenvalue weighted by Gasteiger charge is 2.14. The van der Waals surface area contributed by atoms with Crippen LogP contribution in [0.2, 0.25) is 0 Å². The van der Waals surface area contributed by atoms with E-state index in [1.807, 2.05) is 18.0 Å². The predicted octanol–water partition coefficient (Wildman–Crippen LogP) is 2.87. The van der Waals surface area contributed by atoms with Gasteiger partial charge in [-0.15, -0.1) is 0 Å². The lowest BCUT2D eigenvalue weighted by atomic mass is 10.1. The number of nitrogens with one attached hydrogen (secondary N) is 2. The fourth-order valence-electron chi connectivity index (χ4n) is 2.16. The maximum absolute atomic E-state index is 4.08. The summed E-state index contributed by atoms with van der Waals surface area (Å²) in [6, 6.07) is 6.89. The van der Waals surface area contributed by atoms with E-state index < -0.39 is 0 Å². The van der Waals surface area contributed by atoms with Crippen LogP contribution in [0.4, 0.5) is 5.69 Å². The molecule has 1 aliphatic heterocycles. The Labute approximate surface area is 99.0 Å². The molecule has 0 aliphatic carbocycles. The molecule has 3 rings (SSSR count). The highest BCUT2D eigenvalue weighted by atomic mass is 32.2.